The van der Waals surface area contributed by atoms with E-state index in [-0.39, 0.29) is 16.4 Å². The highest BCUT2D eigenvalue weighted by molar-refractivity contribution is 14.1. The van der Waals surface area contributed by atoms with Crippen LogP contribution in [0.2, 0.25) is 5.02 Å². The number of nitro groups is 1. The van der Waals surface area contributed by atoms with Gasteiger partial charge in [-0.3, -0.25) is 20.2 Å². The molecular weight excluding hydrogens is 653 g/mol. The maximum absolute atomic E-state index is 12.9. The van der Waals surface area contributed by atoms with E-state index in [0.717, 1.165) is 29.5 Å². The number of nitrogens with one attached hydrogen (secondary N) is 2. The fourth-order valence-electron chi connectivity index (χ4n) is 4.45. The van der Waals surface area contributed by atoms with E-state index in [0.29, 0.717) is 44.9 Å². The molecule has 3 aromatic carbocycles. The van der Waals surface area contributed by atoms with E-state index in [1.807, 2.05) is 17.0 Å². The number of rotatable bonds is 5. The molecule has 2 heterocycles. The highest BCUT2D eigenvalue weighted by Crippen LogP contribution is 2.33. The van der Waals surface area contributed by atoms with E-state index in [2.05, 4.69) is 45.1 Å². The van der Waals surface area contributed by atoms with E-state index in [1.54, 1.807) is 36.4 Å². The summed E-state index contributed by atoms with van der Waals surface area (Å²) in [6.45, 7) is 3.67. The summed E-state index contributed by atoms with van der Waals surface area (Å²) in [6, 6.07) is 15.3. The predicted octanol–water partition coefficient (Wildman–Crippen LogP) is 7.02. The number of nitro benzene ring substituents is 1. The lowest BCUT2D eigenvalue weighted by Gasteiger charge is -2.31. The van der Waals surface area contributed by atoms with Gasteiger partial charge in [-0.05, 0) is 102 Å². The molecular formula is C27H23ClIN5O4S. The first-order valence-electron chi connectivity index (χ1n) is 12.2. The van der Waals surface area contributed by atoms with Gasteiger partial charge in [-0.25, -0.2) is 4.98 Å². The van der Waals surface area contributed by atoms with Gasteiger partial charge in [0.15, 0.2) is 10.7 Å². The largest absolute Gasteiger partial charge is 0.436 e. The molecule has 0 unspecified atom stereocenters. The van der Waals surface area contributed by atoms with E-state index in [1.165, 1.54) is 6.07 Å². The van der Waals surface area contributed by atoms with Crippen LogP contribution >= 0.6 is 46.4 Å². The first-order valence-corrected chi connectivity index (χ1v) is 14.1. The third-order valence-electron chi connectivity index (χ3n) is 6.59. The van der Waals surface area contributed by atoms with Crippen molar-refractivity contribution in [2.75, 3.05) is 23.3 Å². The third-order valence-corrected chi connectivity index (χ3v) is 7.79. The Morgan fingerprint density at radius 3 is 2.69 bits per heavy atom. The van der Waals surface area contributed by atoms with E-state index in [9.17, 15) is 14.9 Å². The summed E-state index contributed by atoms with van der Waals surface area (Å²) in [4.78, 5) is 30.8. The summed E-state index contributed by atoms with van der Waals surface area (Å²) in [5.74, 6) is 0.440. The van der Waals surface area contributed by atoms with Crippen molar-refractivity contribution in [3.63, 3.8) is 0 Å². The topological polar surface area (TPSA) is 114 Å². The number of amides is 1. The lowest BCUT2D eigenvalue weighted by atomic mass is 9.98. The Morgan fingerprint density at radius 2 is 1.95 bits per heavy atom. The predicted molar refractivity (Wildman–Crippen MR) is 165 cm³/mol. The van der Waals surface area contributed by atoms with Gasteiger partial charge in [0.1, 0.15) is 11.2 Å². The minimum atomic E-state index is -0.549. The molecule has 1 aromatic heterocycles. The summed E-state index contributed by atoms with van der Waals surface area (Å²) < 4.78 is 6.87. The maximum atomic E-state index is 12.9. The number of nitrogens with zero attached hydrogens (tertiary/aromatic N) is 3. The lowest BCUT2D eigenvalue weighted by molar-refractivity contribution is -0.384. The molecule has 0 radical (unpaired) electrons. The number of hydrogen-bond donors (Lipinski definition) is 2. The second kappa shape index (κ2) is 11.4. The van der Waals surface area contributed by atoms with Crippen molar-refractivity contribution in [2.24, 2.45) is 5.92 Å². The first kappa shape index (κ1) is 27.3. The molecule has 9 nitrogen and oxygen atoms in total. The van der Waals surface area contributed by atoms with Gasteiger partial charge in [-0.2, -0.15) is 0 Å². The molecule has 12 heteroatoms. The first-order chi connectivity index (χ1) is 18.7. The van der Waals surface area contributed by atoms with E-state index in [4.69, 9.17) is 28.2 Å². The smallest absolute Gasteiger partial charge is 0.293 e. The molecule has 0 saturated carbocycles. The van der Waals surface area contributed by atoms with Crippen LogP contribution < -0.4 is 15.5 Å². The highest BCUT2D eigenvalue weighted by atomic mass is 127. The number of piperidine rings is 1. The summed E-state index contributed by atoms with van der Waals surface area (Å²) in [7, 11) is 0. The van der Waals surface area contributed by atoms with Crippen LogP contribution in [0, 0.1) is 19.6 Å². The number of carbonyl (C=O) groups excluding carboxylic acids is 1. The molecule has 1 aliphatic heterocycles. The van der Waals surface area contributed by atoms with Crippen molar-refractivity contribution >= 4 is 85.6 Å². The fourth-order valence-corrected chi connectivity index (χ4v) is 5.35. The molecule has 0 aliphatic carbocycles. The molecule has 5 rings (SSSR count). The Balaban J connectivity index is 1.28. The van der Waals surface area contributed by atoms with Gasteiger partial charge in [0.2, 0.25) is 5.89 Å². The van der Waals surface area contributed by atoms with Crippen LogP contribution in [0.1, 0.15) is 30.1 Å². The van der Waals surface area contributed by atoms with Crippen molar-refractivity contribution in [2.45, 2.75) is 19.8 Å². The number of benzene rings is 3. The van der Waals surface area contributed by atoms with Crippen LogP contribution in [0.25, 0.3) is 22.6 Å². The zero-order valence-corrected chi connectivity index (χ0v) is 24.5. The molecule has 0 spiro atoms. The second-order valence-electron chi connectivity index (χ2n) is 9.36. The minimum absolute atomic E-state index is 0.0421. The molecule has 2 N–H and O–H groups in total. The van der Waals surface area contributed by atoms with Crippen molar-refractivity contribution in [1.82, 2.24) is 10.3 Å². The molecule has 4 aromatic rings. The van der Waals surface area contributed by atoms with Crippen LogP contribution in [0.5, 0.6) is 0 Å². The van der Waals surface area contributed by atoms with Crippen molar-refractivity contribution < 1.29 is 14.1 Å². The number of thiocarbonyl (C=S) groups is 1. The minimum Gasteiger partial charge on any atom is -0.436 e. The Labute approximate surface area is 248 Å². The Morgan fingerprint density at radius 1 is 1.18 bits per heavy atom. The van der Waals surface area contributed by atoms with Gasteiger partial charge in [0, 0.05) is 34.0 Å². The molecule has 0 bridgehead atoms. The molecule has 1 fully saturated rings. The maximum Gasteiger partial charge on any atom is 0.293 e. The molecule has 1 aliphatic rings. The van der Waals surface area contributed by atoms with Gasteiger partial charge >= 0.3 is 0 Å². The van der Waals surface area contributed by atoms with Gasteiger partial charge < -0.3 is 14.6 Å². The van der Waals surface area contributed by atoms with Crippen molar-refractivity contribution in [3.8, 4) is 11.5 Å². The molecule has 39 heavy (non-hydrogen) atoms. The highest BCUT2D eigenvalue weighted by Gasteiger charge is 2.25. The van der Waals surface area contributed by atoms with Crippen LogP contribution in [0.3, 0.4) is 0 Å². The summed E-state index contributed by atoms with van der Waals surface area (Å²) in [5.41, 5.74) is 2.99. The average molecular weight is 676 g/mol. The number of halogens is 2. The number of oxazole rings is 1. The van der Waals surface area contributed by atoms with Gasteiger partial charge in [0.25, 0.3) is 11.6 Å². The van der Waals surface area contributed by atoms with Gasteiger partial charge in [-0.1, -0.05) is 18.5 Å². The lowest BCUT2D eigenvalue weighted by Crippen LogP contribution is -2.35. The number of fused-ring (bicyclic) bond motifs is 1. The normalized spacial score (nSPS) is 13.9. The van der Waals surface area contributed by atoms with Crippen LogP contribution in [-0.2, 0) is 0 Å². The average Bonchev–Trinajstić information content (AvgIpc) is 3.33. The number of aromatic nitrogens is 1. The molecule has 200 valence electrons. The summed E-state index contributed by atoms with van der Waals surface area (Å²) in [6.07, 6.45) is 1.94. The zero-order valence-electron chi connectivity index (χ0n) is 20.7. The third kappa shape index (κ3) is 6.15. The second-order valence-corrected chi connectivity index (χ2v) is 11.4. The Kier molecular flexibility index (Phi) is 8.01. The Bertz CT molecular complexity index is 1600. The SMILES string of the molecule is CC1CCN(c2ccc(C(=O)NC(=S)Nc3ccc4oc(-c5cc(I)ccc5Cl)nc4c3)cc2[N+](=O)[O-])CC1. The standard InChI is InChI=1S/C27H23ClIN5O4S/c1-15-8-10-33(11-9-15)22-6-2-16(12-23(22)34(36)37)25(35)32-27(39)30-18-4-7-24-21(14-18)31-26(38-24)19-13-17(29)3-5-20(19)28/h2-7,12-15H,8-11H2,1H3,(H2,30,32,35,39). The zero-order chi connectivity index (χ0) is 27.7. The van der Waals surface area contributed by atoms with Gasteiger partial charge in [0.05, 0.1) is 15.5 Å². The van der Waals surface area contributed by atoms with E-state index < -0.39 is 10.8 Å². The Hall–Kier alpha value is -3.29. The van der Waals surface area contributed by atoms with Crippen LogP contribution in [-0.4, -0.2) is 34.0 Å². The monoisotopic (exact) mass is 675 g/mol. The number of hydrogen-bond acceptors (Lipinski definition) is 7. The van der Waals surface area contributed by atoms with E-state index >= 15 is 0 Å². The summed E-state index contributed by atoms with van der Waals surface area (Å²) >= 11 is 13.8. The van der Waals surface area contributed by atoms with Crippen molar-refractivity contribution in [1.29, 1.82) is 0 Å². The van der Waals surface area contributed by atoms with Crippen molar-refractivity contribution in [3.05, 3.63) is 78.9 Å². The summed E-state index contributed by atoms with van der Waals surface area (Å²) in [5, 5.41) is 17.9. The molecule has 1 saturated heterocycles. The molecule has 1 amide bonds. The number of carbonyl (C=O) groups is 1. The van der Waals surface area contributed by atoms with Crippen LogP contribution in [0.15, 0.2) is 59.0 Å². The van der Waals surface area contributed by atoms with Gasteiger partial charge in [-0.15, -0.1) is 0 Å². The van der Waals surface area contributed by atoms with Crippen LogP contribution in [0.4, 0.5) is 17.1 Å². The quantitative estimate of drug-likeness (QED) is 0.100. The number of anilines is 2. The molecule has 0 atom stereocenters. The fraction of sp³-hybridized carbons (Fsp3) is 0.222.